The highest BCUT2D eigenvalue weighted by Crippen LogP contribution is 2.39. The Bertz CT molecular complexity index is 832. The van der Waals surface area contributed by atoms with Gasteiger partial charge in [-0.2, -0.15) is 0 Å². The van der Waals surface area contributed by atoms with Gasteiger partial charge < -0.3 is 15.4 Å². The molecular formula is C21H24N2O3. The van der Waals surface area contributed by atoms with E-state index in [1.54, 1.807) is 7.11 Å². The molecule has 5 heteroatoms. The van der Waals surface area contributed by atoms with E-state index < -0.39 is 0 Å². The van der Waals surface area contributed by atoms with E-state index in [0.717, 1.165) is 28.1 Å². The van der Waals surface area contributed by atoms with Crippen LogP contribution in [-0.4, -0.2) is 18.9 Å². The second-order valence-electron chi connectivity index (χ2n) is 6.79. The predicted molar refractivity (Wildman–Crippen MR) is 101 cm³/mol. The summed E-state index contributed by atoms with van der Waals surface area (Å²) >= 11 is 0. The van der Waals surface area contributed by atoms with Crippen LogP contribution in [0.15, 0.2) is 42.5 Å². The van der Waals surface area contributed by atoms with Gasteiger partial charge >= 0.3 is 0 Å². The first kappa shape index (κ1) is 18.0. The third-order valence-corrected chi connectivity index (χ3v) is 4.76. The van der Waals surface area contributed by atoms with Gasteiger partial charge in [0, 0.05) is 17.8 Å². The molecule has 0 radical (unpaired) electrons. The first-order valence-corrected chi connectivity index (χ1v) is 8.77. The number of hydrogen-bond donors (Lipinski definition) is 2. The Hall–Kier alpha value is -2.82. The minimum atomic E-state index is -0.257. The zero-order valence-corrected chi connectivity index (χ0v) is 15.3. The summed E-state index contributed by atoms with van der Waals surface area (Å²) in [7, 11) is 1.61. The van der Waals surface area contributed by atoms with Gasteiger partial charge in [0.15, 0.2) is 0 Å². The third kappa shape index (κ3) is 4.04. The highest BCUT2D eigenvalue weighted by Gasteiger charge is 2.48. The van der Waals surface area contributed by atoms with Crippen molar-refractivity contribution in [2.24, 2.45) is 11.8 Å². The van der Waals surface area contributed by atoms with Crippen LogP contribution in [0.3, 0.4) is 0 Å². The van der Waals surface area contributed by atoms with Crippen molar-refractivity contribution in [2.75, 3.05) is 12.4 Å². The summed E-state index contributed by atoms with van der Waals surface area (Å²) in [4.78, 5) is 24.8. The first-order chi connectivity index (χ1) is 12.5. The number of aryl methyl sites for hydroxylation is 2. The van der Waals surface area contributed by atoms with Crippen molar-refractivity contribution in [3.05, 3.63) is 59.2 Å². The largest absolute Gasteiger partial charge is 0.496 e. The molecule has 2 N–H and O–H groups in total. The fourth-order valence-electron chi connectivity index (χ4n) is 3.03. The Balaban J connectivity index is 1.53. The molecule has 2 unspecified atom stereocenters. The summed E-state index contributed by atoms with van der Waals surface area (Å²) in [5.41, 5.74) is 3.84. The van der Waals surface area contributed by atoms with Gasteiger partial charge in [0.25, 0.3) is 0 Å². The average molecular weight is 352 g/mol. The van der Waals surface area contributed by atoms with E-state index in [0.29, 0.717) is 13.0 Å². The Labute approximate surface area is 153 Å². The molecule has 1 fully saturated rings. The van der Waals surface area contributed by atoms with Crippen molar-refractivity contribution in [2.45, 2.75) is 26.8 Å². The van der Waals surface area contributed by atoms with E-state index in [4.69, 9.17) is 4.74 Å². The summed E-state index contributed by atoms with van der Waals surface area (Å²) in [5, 5.41) is 5.86. The number of hydrogen-bond acceptors (Lipinski definition) is 3. The lowest BCUT2D eigenvalue weighted by Crippen LogP contribution is -2.27. The number of methoxy groups -OCH3 is 1. The number of nitrogens with one attached hydrogen (secondary N) is 2. The number of carbonyl (C=O) groups excluding carboxylic acids is 2. The van der Waals surface area contributed by atoms with Crippen LogP contribution in [0.25, 0.3) is 0 Å². The maximum atomic E-state index is 12.4. The lowest BCUT2D eigenvalue weighted by Gasteiger charge is -2.10. The van der Waals surface area contributed by atoms with Gasteiger partial charge in [0.2, 0.25) is 11.8 Å². The topological polar surface area (TPSA) is 67.4 Å². The average Bonchev–Trinajstić information content (AvgIpc) is 3.44. The van der Waals surface area contributed by atoms with Crippen molar-refractivity contribution in [1.82, 2.24) is 5.32 Å². The molecule has 2 aromatic carbocycles. The van der Waals surface area contributed by atoms with Gasteiger partial charge in [0.1, 0.15) is 5.75 Å². The molecule has 2 atom stereocenters. The van der Waals surface area contributed by atoms with E-state index in [1.165, 1.54) is 0 Å². The molecule has 1 aliphatic rings. The minimum Gasteiger partial charge on any atom is -0.496 e. The smallest absolute Gasteiger partial charge is 0.228 e. The van der Waals surface area contributed by atoms with Crippen molar-refractivity contribution in [3.8, 4) is 5.75 Å². The summed E-state index contributed by atoms with van der Waals surface area (Å²) in [5.74, 6) is 0.0587. The Morgan fingerprint density at radius 2 is 1.81 bits per heavy atom. The SMILES string of the molecule is COc1ccccc1CNC(=O)C1CC1C(=O)Nc1cc(C)ccc1C. The maximum absolute atomic E-state index is 12.4. The third-order valence-electron chi connectivity index (χ3n) is 4.76. The number of para-hydroxylation sites is 1. The zero-order chi connectivity index (χ0) is 18.7. The fraction of sp³-hybridized carbons (Fsp3) is 0.333. The molecular weight excluding hydrogens is 328 g/mol. The highest BCUT2D eigenvalue weighted by molar-refractivity contribution is 5.99. The molecule has 1 saturated carbocycles. The number of anilines is 1. The first-order valence-electron chi connectivity index (χ1n) is 8.77. The minimum absolute atomic E-state index is 0.0861. The van der Waals surface area contributed by atoms with Gasteiger partial charge in [-0.25, -0.2) is 0 Å². The molecule has 0 bridgehead atoms. The van der Waals surface area contributed by atoms with Crippen LogP contribution >= 0.6 is 0 Å². The monoisotopic (exact) mass is 352 g/mol. The van der Waals surface area contributed by atoms with E-state index in [2.05, 4.69) is 10.6 Å². The Kier molecular flexibility index (Phi) is 5.26. The summed E-state index contributed by atoms with van der Waals surface area (Å²) in [6, 6.07) is 13.5. The second kappa shape index (κ2) is 7.60. The van der Waals surface area contributed by atoms with Crippen molar-refractivity contribution >= 4 is 17.5 Å². The fourth-order valence-corrected chi connectivity index (χ4v) is 3.03. The molecule has 2 amide bonds. The van der Waals surface area contributed by atoms with Crippen LogP contribution in [0, 0.1) is 25.7 Å². The van der Waals surface area contributed by atoms with Crippen LogP contribution in [-0.2, 0) is 16.1 Å². The molecule has 0 aromatic heterocycles. The van der Waals surface area contributed by atoms with E-state index in [9.17, 15) is 9.59 Å². The maximum Gasteiger partial charge on any atom is 0.228 e. The standard InChI is InChI=1S/C21H24N2O3/c1-13-8-9-14(2)18(10-13)23-21(25)17-11-16(17)20(24)22-12-15-6-4-5-7-19(15)26-3/h4-10,16-17H,11-12H2,1-3H3,(H,22,24)(H,23,25). The van der Waals surface area contributed by atoms with E-state index >= 15 is 0 Å². The molecule has 2 aromatic rings. The number of benzene rings is 2. The number of carbonyl (C=O) groups is 2. The summed E-state index contributed by atoms with van der Waals surface area (Å²) in [6.07, 6.45) is 0.592. The number of ether oxygens (including phenoxy) is 1. The molecule has 0 saturated heterocycles. The van der Waals surface area contributed by atoms with Crippen LogP contribution in [0.4, 0.5) is 5.69 Å². The summed E-state index contributed by atoms with van der Waals surface area (Å²) in [6.45, 7) is 4.34. The number of rotatable bonds is 6. The molecule has 136 valence electrons. The van der Waals surface area contributed by atoms with Gasteiger partial charge in [-0.15, -0.1) is 0 Å². The van der Waals surface area contributed by atoms with Crippen LogP contribution in [0.1, 0.15) is 23.1 Å². The Morgan fingerprint density at radius 1 is 1.08 bits per heavy atom. The highest BCUT2D eigenvalue weighted by atomic mass is 16.5. The van der Waals surface area contributed by atoms with Gasteiger partial charge in [-0.1, -0.05) is 30.3 Å². The molecule has 26 heavy (non-hydrogen) atoms. The molecule has 3 rings (SSSR count). The van der Waals surface area contributed by atoms with Crippen LogP contribution in [0.5, 0.6) is 5.75 Å². The quantitative estimate of drug-likeness (QED) is 0.839. The lowest BCUT2D eigenvalue weighted by molar-refractivity contribution is -0.125. The molecule has 0 spiro atoms. The molecule has 0 aliphatic heterocycles. The van der Waals surface area contributed by atoms with Gasteiger partial charge in [0.05, 0.1) is 18.9 Å². The van der Waals surface area contributed by atoms with Crippen LogP contribution < -0.4 is 15.4 Å². The Morgan fingerprint density at radius 3 is 2.58 bits per heavy atom. The predicted octanol–water partition coefficient (Wildman–Crippen LogP) is 3.20. The molecule has 0 heterocycles. The van der Waals surface area contributed by atoms with E-state index in [1.807, 2.05) is 56.3 Å². The van der Waals surface area contributed by atoms with Crippen LogP contribution in [0.2, 0.25) is 0 Å². The second-order valence-corrected chi connectivity index (χ2v) is 6.79. The molecule has 5 nitrogen and oxygen atoms in total. The van der Waals surface area contributed by atoms with E-state index in [-0.39, 0.29) is 23.7 Å². The molecule has 1 aliphatic carbocycles. The normalized spacial score (nSPS) is 18.1. The van der Waals surface area contributed by atoms with Gasteiger partial charge in [-0.3, -0.25) is 9.59 Å². The lowest BCUT2D eigenvalue weighted by atomic mass is 10.1. The number of amides is 2. The van der Waals surface area contributed by atoms with Crippen molar-refractivity contribution in [3.63, 3.8) is 0 Å². The van der Waals surface area contributed by atoms with Crippen molar-refractivity contribution in [1.29, 1.82) is 0 Å². The van der Waals surface area contributed by atoms with Gasteiger partial charge in [-0.05, 0) is 43.5 Å². The van der Waals surface area contributed by atoms with Crippen molar-refractivity contribution < 1.29 is 14.3 Å². The summed E-state index contributed by atoms with van der Waals surface area (Å²) < 4.78 is 5.28. The zero-order valence-electron chi connectivity index (χ0n) is 15.3.